The van der Waals surface area contributed by atoms with Crippen LogP contribution in [0.5, 0.6) is 0 Å². The van der Waals surface area contributed by atoms with Crippen LogP contribution in [-0.4, -0.2) is 20.5 Å². The van der Waals surface area contributed by atoms with E-state index in [4.69, 9.17) is 0 Å². The van der Waals surface area contributed by atoms with Crippen LogP contribution < -0.4 is 0 Å². The second-order valence-electron chi connectivity index (χ2n) is 6.59. The zero-order valence-electron chi connectivity index (χ0n) is 14.2. The van der Waals surface area contributed by atoms with Crippen molar-refractivity contribution >= 4 is 21.2 Å². The van der Waals surface area contributed by atoms with Gasteiger partial charge < -0.3 is 0 Å². The largest absolute Gasteiger partial charge is 0.294 e. The van der Waals surface area contributed by atoms with E-state index in [-0.39, 0.29) is 16.6 Å². The maximum Gasteiger partial charge on any atom is 0.175 e. The van der Waals surface area contributed by atoms with Crippen molar-refractivity contribution < 1.29 is 13.2 Å². The van der Waals surface area contributed by atoms with Gasteiger partial charge in [0.05, 0.1) is 4.90 Å². The summed E-state index contributed by atoms with van der Waals surface area (Å²) in [6, 6.07) is 6.71. The van der Waals surface area contributed by atoms with Gasteiger partial charge in [-0.25, -0.2) is 8.42 Å². The molecule has 1 saturated carbocycles. The summed E-state index contributed by atoms with van der Waals surface area (Å²) in [4.78, 5) is 13.0. The highest BCUT2D eigenvalue weighted by molar-refractivity contribution is 7.90. The summed E-state index contributed by atoms with van der Waals surface area (Å²) >= 11 is 0. The number of carbonyl (C=O) groups excluding carboxylic acids is 1. The second-order valence-corrected chi connectivity index (χ2v) is 8.61. The molecular formula is C19H26O3S. The maximum absolute atomic E-state index is 12.8. The van der Waals surface area contributed by atoms with Gasteiger partial charge in [-0.3, -0.25) is 4.79 Å². The lowest BCUT2D eigenvalue weighted by atomic mass is 9.89. The van der Waals surface area contributed by atoms with Crippen molar-refractivity contribution in [3.8, 4) is 0 Å². The highest BCUT2D eigenvalue weighted by Crippen LogP contribution is 2.31. The molecule has 0 aliphatic heterocycles. The molecule has 1 aromatic rings. The third kappa shape index (κ3) is 4.54. The molecule has 0 bridgehead atoms. The summed E-state index contributed by atoms with van der Waals surface area (Å²) in [5.74, 6) is 0.608. The summed E-state index contributed by atoms with van der Waals surface area (Å²) in [5, 5.41) is 0. The molecule has 0 amide bonds. The number of ketones is 1. The predicted molar refractivity (Wildman–Crippen MR) is 93.9 cm³/mol. The molecular weight excluding hydrogens is 308 g/mol. The molecule has 0 N–H and O–H groups in total. The Morgan fingerprint density at radius 3 is 2.26 bits per heavy atom. The highest BCUT2D eigenvalue weighted by Gasteiger charge is 2.21. The minimum atomic E-state index is -3.21. The molecule has 0 saturated heterocycles. The van der Waals surface area contributed by atoms with Crippen molar-refractivity contribution in [2.45, 2.75) is 50.8 Å². The smallest absolute Gasteiger partial charge is 0.175 e. The molecule has 126 valence electrons. The van der Waals surface area contributed by atoms with Crippen molar-refractivity contribution in [1.29, 1.82) is 0 Å². The lowest BCUT2D eigenvalue weighted by molar-refractivity contribution is -0.116. The molecule has 0 radical (unpaired) electrons. The fraction of sp³-hybridized carbons (Fsp3) is 0.526. The zero-order chi connectivity index (χ0) is 17.0. The van der Waals surface area contributed by atoms with Crippen LogP contribution in [-0.2, 0) is 14.6 Å². The quantitative estimate of drug-likeness (QED) is 0.730. The van der Waals surface area contributed by atoms with Gasteiger partial charge in [-0.05, 0) is 42.9 Å². The predicted octanol–water partition coefficient (Wildman–Crippen LogP) is 4.28. The molecule has 1 fully saturated rings. The van der Waals surface area contributed by atoms with Crippen LogP contribution in [0.3, 0.4) is 0 Å². The Bertz CT molecular complexity index is 678. The van der Waals surface area contributed by atoms with Gasteiger partial charge in [0, 0.05) is 17.7 Å². The first-order chi connectivity index (χ1) is 10.8. The third-order valence-electron chi connectivity index (χ3n) is 4.72. The fourth-order valence-corrected chi connectivity index (χ4v) is 3.64. The molecule has 1 aromatic carbocycles. The average Bonchev–Trinajstić information content (AvgIpc) is 3.03. The monoisotopic (exact) mass is 334 g/mol. The highest BCUT2D eigenvalue weighted by atomic mass is 32.2. The number of hydrogen-bond donors (Lipinski definition) is 0. The first-order valence-electron chi connectivity index (χ1n) is 8.39. The Labute approximate surface area is 139 Å². The Morgan fingerprint density at radius 2 is 1.78 bits per heavy atom. The summed E-state index contributed by atoms with van der Waals surface area (Å²) in [5.41, 5.74) is 1.58. The zero-order valence-corrected chi connectivity index (χ0v) is 15.0. The summed E-state index contributed by atoms with van der Waals surface area (Å²) in [7, 11) is -3.21. The van der Waals surface area contributed by atoms with Crippen molar-refractivity contribution in [2.75, 3.05) is 6.26 Å². The van der Waals surface area contributed by atoms with E-state index < -0.39 is 9.84 Å². The molecule has 1 atom stereocenters. The Morgan fingerprint density at radius 1 is 1.22 bits per heavy atom. The summed E-state index contributed by atoms with van der Waals surface area (Å²) < 4.78 is 23.2. The van der Waals surface area contributed by atoms with Crippen LogP contribution in [0.25, 0.3) is 5.57 Å². The van der Waals surface area contributed by atoms with Crippen LogP contribution in [0, 0.1) is 11.8 Å². The lowest BCUT2D eigenvalue weighted by Gasteiger charge is -2.14. The lowest BCUT2D eigenvalue weighted by Crippen LogP contribution is -2.13. The van der Waals surface area contributed by atoms with Gasteiger partial charge in [0.15, 0.2) is 15.6 Å². The van der Waals surface area contributed by atoms with Gasteiger partial charge in [-0.15, -0.1) is 0 Å². The van der Waals surface area contributed by atoms with Gasteiger partial charge in [0.25, 0.3) is 0 Å². The number of hydrogen-bond acceptors (Lipinski definition) is 3. The minimum Gasteiger partial charge on any atom is -0.294 e. The first kappa shape index (κ1) is 17.9. The van der Waals surface area contributed by atoms with E-state index in [1.165, 1.54) is 19.1 Å². The van der Waals surface area contributed by atoms with Gasteiger partial charge in [-0.2, -0.15) is 0 Å². The van der Waals surface area contributed by atoms with E-state index >= 15 is 0 Å². The molecule has 23 heavy (non-hydrogen) atoms. The number of Topliss-reactive ketones (excluding diaryl/α,β-unsaturated/α-hetero) is 1. The van der Waals surface area contributed by atoms with Crippen LogP contribution in [0.1, 0.15) is 51.5 Å². The number of allylic oxidation sites excluding steroid dienone is 2. The number of benzene rings is 1. The number of rotatable bonds is 6. The van der Waals surface area contributed by atoms with E-state index in [1.807, 2.05) is 13.8 Å². The SMILES string of the molecule is CCC(C)C(=O)/C(=C/C1CCCC1)c1ccc(S(C)(=O)=O)cc1. The van der Waals surface area contributed by atoms with Crippen molar-refractivity contribution in [3.63, 3.8) is 0 Å². The molecule has 0 heterocycles. The molecule has 4 heteroatoms. The van der Waals surface area contributed by atoms with Crippen molar-refractivity contribution in [2.24, 2.45) is 11.8 Å². The fourth-order valence-electron chi connectivity index (χ4n) is 3.01. The van der Waals surface area contributed by atoms with E-state index in [0.717, 1.165) is 30.4 Å². The van der Waals surface area contributed by atoms with Crippen molar-refractivity contribution in [3.05, 3.63) is 35.9 Å². The van der Waals surface area contributed by atoms with Crippen LogP contribution in [0.15, 0.2) is 35.2 Å². The topological polar surface area (TPSA) is 51.2 Å². The van der Waals surface area contributed by atoms with E-state index in [0.29, 0.717) is 5.92 Å². The Balaban J connectivity index is 2.38. The third-order valence-corrected chi connectivity index (χ3v) is 5.85. The number of carbonyl (C=O) groups is 1. The van der Waals surface area contributed by atoms with Crippen LogP contribution in [0.4, 0.5) is 0 Å². The molecule has 1 aliphatic rings. The van der Waals surface area contributed by atoms with Crippen LogP contribution in [0.2, 0.25) is 0 Å². The summed E-state index contributed by atoms with van der Waals surface area (Å²) in [6.07, 6.45) is 8.84. The summed E-state index contributed by atoms with van der Waals surface area (Å²) in [6.45, 7) is 3.97. The second kappa shape index (κ2) is 7.43. The first-order valence-corrected chi connectivity index (χ1v) is 10.3. The molecule has 0 spiro atoms. The normalized spacial score (nSPS) is 18.1. The molecule has 0 aromatic heterocycles. The molecule has 1 aliphatic carbocycles. The van der Waals surface area contributed by atoms with E-state index in [1.54, 1.807) is 24.3 Å². The molecule has 1 unspecified atom stereocenters. The van der Waals surface area contributed by atoms with Gasteiger partial charge in [0.1, 0.15) is 0 Å². The minimum absolute atomic E-state index is 0.0164. The average molecular weight is 334 g/mol. The Kier molecular flexibility index (Phi) is 5.79. The Hall–Kier alpha value is -1.42. The molecule has 2 rings (SSSR count). The van der Waals surface area contributed by atoms with E-state index in [9.17, 15) is 13.2 Å². The van der Waals surface area contributed by atoms with Crippen LogP contribution >= 0.6 is 0 Å². The standard InChI is InChI=1S/C19H26O3S/c1-4-14(2)19(20)18(13-15-7-5-6-8-15)16-9-11-17(12-10-16)23(3,21)22/h9-15H,4-8H2,1-3H3/b18-13+. The van der Waals surface area contributed by atoms with E-state index in [2.05, 4.69) is 6.08 Å². The molecule has 3 nitrogen and oxygen atoms in total. The maximum atomic E-state index is 12.8. The van der Waals surface area contributed by atoms with Crippen molar-refractivity contribution in [1.82, 2.24) is 0 Å². The van der Waals surface area contributed by atoms with Gasteiger partial charge >= 0.3 is 0 Å². The number of sulfone groups is 1. The van der Waals surface area contributed by atoms with Gasteiger partial charge in [0.2, 0.25) is 0 Å². The van der Waals surface area contributed by atoms with Gasteiger partial charge in [-0.1, -0.05) is 44.9 Å².